The fourth-order valence-corrected chi connectivity index (χ4v) is 4.12. The fraction of sp³-hybridized carbons (Fsp3) is 0.636. The van der Waals surface area contributed by atoms with Gasteiger partial charge in [-0.25, -0.2) is 0 Å². The maximum absolute atomic E-state index is 12.8. The molecule has 1 aromatic carbocycles. The van der Waals surface area contributed by atoms with Gasteiger partial charge in [0.15, 0.2) is 5.78 Å². The van der Waals surface area contributed by atoms with Crippen molar-refractivity contribution in [1.29, 1.82) is 0 Å². The molecule has 6 heteroatoms. The number of carbonyl (C=O) groups is 2. The number of hydrogen-bond donors (Lipinski definition) is 1. The summed E-state index contributed by atoms with van der Waals surface area (Å²) in [6.45, 7) is 6.70. The number of benzene rings is 1. The van der Waals surface area contributed by atoms with Crippen molar-refractivity contribution in [3.05, 3.63) is 35.4 Å². The Labute approximate surface area is 174 Å². The molecule has 28 heavy (non-hydrogen) atoms. The Kier molecular flexibility index (Phi) is 8.05. The molecule has 0 atom stereocenters. The SMILES string of the molecule is CC(C)Cc1ccc(C(=O)C2CCN(C(=O)C3(N)CCOCC3)CC2)cc1.Cl. The number of halogens is 1. The minimum atomic E-state index is -0.790. The van der Waals surface area contributed by atoms with Crippen LogP contribution in [-0.4, -0.2) is 48.4 Å². The van der Waals surface area contributed by atoms with Gasteiger partial charge in [-0.15, -0.1) is 12.4 Å². The number of piperidine rings is 1. The first-order chi connectivity index (χ1) is 12.9. The maximum atomic E-state index is 12.8. The summed E-state index contributed by atoms with van der Waals surface area (Å²) in [5.74, 6) is 0.824. The van der Waals surface area contributed by atoms with Gasteiger partial charge >= 0.3 is 0 Å². The van der Waals surface area contributed by atoms with Crippen molar-refractivity contribution in [2.75, 3.05) is 26.3 Å². The third-order valence-corrected chi connectivity index (χ3v) is 5.85. The first-order valence-corrected chi connectivity index (χ1v) is 10.2. The van der Waals surface area contributed by atoms with E-state index in [2.05, 4.69) is 26.0 Å². The van der Waals surface area contributed by atoms with E-state index in [1.807, 2.05) is 17.0 Å². The summed E-state index contributed by atoms with van der Waals surface area (Å²) < 4.78 is 5.33. The highest BCUT2D eigenvalue weighted by Crippen LogP contribution is 2.26. The second kappa shape index (κ2) is 9.86. The van der Waals surface area contributed by atoms with Crippen LogP contribution in [0.3, 0.4) is 0 Å². The van der Waals surface area contributed by atoms with Crippen molar-refractivity contribution in [1.82, 2.24) is 4.90 Å². The zero-order valence-electron chi connectivity index (χ0n) is 17.0. The Bertz CT molecular complexity index is 661. The van der Waals surface area contributed by atoms with Gasteiger partial charge in [-0.05, 0) is 43.6 Å². The second-order valence-corrected chi connectivity index (χ2v) is 8.49. The van der Waals surface area contributed by atoms with Gasteiger partial charge in [0.25, 0.3) is 0 Å². The lowest BCUT2D eigenvalue weighted by molar-refractivity contribution is -0.141. The molecule has 0 spiro atoms. The standard InChI is InChI=1S/C22H32N2O3.ClH/c1-16(2)15-17-3-5-18(6-4-17)20(25)19-7-11-24(12-8-19)21(26)22(23)9-13-27-14-10-22;/h3-6,16,19H,7-15,23H2,1-2H3;1H. The molecule has 2 N–H and O–H groups in total. The summed E-state index contributed by atoms with van der Waals surface area (Å²) in [7, 11) is 0. The second-order valence-electron chi connectivity index (χ2n) is 8.49. The average molecular weight is 409 g/mol. The predicted octanol–water partition coefficient (Wildman–Crippen LogP) is 3.24. The minimum absolute atomic E-state index is 0. The molecule has 2 aliphatic rings. The predicted molar refractivity (Wildman–Crippen MR) is 113 cm³/mol. The first kappa shape index (κ1) is 22.9. The molecule has 0 aliphatic carbocycles. The largest absolute Gasteiger partial charge is 0.381 e. The number of nitrogens with zero attached hydrogens (tertiary/aromatic N) is 1. The van der Waals surface area contributed by atoms with E-state index in [1.54, 1.807) is 0 Å². The van der Waals surface area contributed by atoms with Crippen LogP contribution in [0, 0.1) is 11.8 Å². The van der Waals surface area contributed by atoms with Gasteiger partial charge < -0.3 is 15.4 Å². The van der Waals surface area contributed by atoms with Crippen LogP contribution < -0.4 is 5.73 Å². The van der Waals surface area contributed by atoms with E-state index in [4.69, 9.17) is 10.5 Å². The molecule has 0 radical (unpaired) electrons. The number of hydrogen-bond acceptors (Lipinski definition) is 4. The first-order valence-electron chi connectivity index (χ1n) is 10.2. The number of carbonyl (C=O) groups excluding carboxylic acids is 2. The number of amides is 1. The number of ketones is 1. The highest BCUT2D eigenvalue weighted by atomic mass is 35.5. The number of Topliss-reactive ketones (excluding diaryl/α,β-unsaturated/α-hetero) is 1. The van der Waals surface area contributed by atoms with Crippen molar-refractivity contribution < 1.29 is 14.3 Å². The Hall–Kier alpha value is -1.43. The van der Waals surface area contributed by atoms with E-state index in [-0.39, 0.29) is 30.0 Å². The van der Waals surface area contributed by atoms with Crippen molar-refractivity contribution in [3.8, 4) is 0 Å². The summed E-state index contributed by atoms with van der Waals surface area (Å²) in [6, 6.07) is 8.04. The highest BCUT2D eigenvalue weighted by Gasteiger charge is 2.40. The van der Waals surface area contributed by atoms with Crippen molar-refractivity contribution in [2.24, 2.45) is 17.6 Å². The van der Waals surface area contributed by atoms with E-state index >= 15 is 0 Å². The van der Waals surface area contributed by atoms with E-state index < -0.39 is 5.54 Å². The van der Waals surface area contributed by atoms with Crippen LogP contribution in [0.15, 0.2) is 24.3 Å². The lowest BCUT2D eigenvalue weighted by Gasteiger charge is -2.39. The number of nitrogens with two attached hydrogens (primary N) is 1. The third kappa shape index (κ3) is 5.34. The number of likely N-dealkylation sites (tertiary alicyclic amines) is 1. The van der Waals surface area contributed by atoms with Crippen LogP contribution >= 0.6 is 12.4 Å². The Morgan fingerprint density at radius 1 is 1.14 bits per heavy atom. The highest BCUT2D eigenvalue weighted by molar-refractivity contribution is 5.98. The summed E-state index contributed by atoms with van der Waals surface area (Å²) in [4.78, 5) is 27.5. The Morgan fingerprint density at radius 3 is 2.25 bits per heavy atom. The summed E-state index contributed by atoms with van der Waals surface area (Å²) in [6.07, 6.45) is 3.61. The third-order valence-electron chi connectivity index (χ3n) is 5.85. The Morgan fingerprint density at radius 2 is 1.71 bits per heavy atom. The molecule has 156 valence electrons. The zero-order chi connectivity index (χ0) is 19.4. The fourth-order valence-electron chi connectivity index (χ4n) is 4.12. The van der Waals surface area contributed by atoms with Gasteiger partial charge in [-0.3, -0.25) is 9.59 Å². The molecular weight excluding hydrogens is 376 g/mol. The van der Waals surface area contributed by atoms with E-state index in [0.29, 0.717) is 57.9 Å². The lowest BCUT2D eigenvalue weighted by Crippen LogP contribution is -2.59. The van der Waals surface area contributed by atoms with E-state index in [9.17, 15) is 9.59 Å². The van der Waals surface area contributed by atoms with Crippen molar-refractivity contribution >= 4 is 24.1 Å². The smallest absolute Gasteiger partial charge is 0.242 e. The van der Waals surface area contributed by atoms with Crippen LogP contribution in [0.25, 0.3) is 0 Å². The van der Waals surface area contributed by atoms with Gasteiger partial charge in [0.1, 0.15) is 0 Å². The lowest BCUT2D eigenvalue weighted by atomic mass is 9.85. The molecule has 0 bridgehead atoms. The van der Waals surface area contributed by atoms with Crippen molar-refractivity contribution in [3.63, 3.8) is 0 Å². The summed E-state index contributed by atoms with van der Waals surface area (Å²) in [5, 5.41) is 0. The topological polar surface area (TPSA) is 72.6 Å². The molecule has 0 unspecified atom stereocenters. The molecule has 0 saturated carbocycles. The van der Waals surface area contributed by atoms with E-state index in [0.717, 1.165) is 12.0 Å². The quantitative estimate of drug-likeness (QED) is 0.759. The van der Waals surface area contributed by atoms with Crippen LogP contribution in [0.2, 0.25) is 0 Å². The molecule has 2 saturated heterocycles. The monoisotopic (exact) mass is 408 g/mol. The van der Waals surface area contributed by atoms with Gasteiger partial charge in [0, 0.05) is 37.8 Å². The maximum Gasteiger partial charge on any atom is 0.242 e. The molecular formula is C22H33ClN2O3. The summed E-state index contributed by atoms with van der Waals surface area (Å²) in [5.41, 5.74) is 7.59. The minimum Gasteiger partial charge on any atom is -0.381 e. The van der Waals surface area contributed by atoms with Gasteiger partial charge in [0.2, 0.25) is 5.91 Å². The number of rotatable bonds is 5. The Balaban J connectivity index is 0.00000280. The molecule has 1 aromatic rings. The molecule has 2 heterocycles. The molecule has 5 nitrogen and oxygen atoms in total. The zero-order valence-corrected chi connectivity index (χ0v) is 17.8. The normalized spacial score (nSPS) is 19.9. The number of ether oxygens (including phenoxy) is 1. The van der Waals surface area contributed by atoms with Crippen LogP contribution in [0.4, 0.5) is 0 Å². The van der Waals surface area contributed by atoms with Gasteiger partial charge in [-0.1, -0.05) is 38.1 Å². The van der Waals surface area contributed by atoms with E-state index in [1.165, 1.54) is 5.56 Å². The van der Waals surface area contributed by atoms with Crippen LogP contribution in [0.5, 0.6) is 0 Å². The molecule has 3 rings (SSSR count). The summed E-state index contributed by atoms with van der Waals surface area (Å²) >= 11 is 0. The van der Waals surface area contributed by atoms with Gasteiger partial charge in [0.05, 0.1) is 5.54 Å². The van der Waals surface area contributed by atoms with Gasteiger partial charge in [-0.2, -0.15) is 0 Å². The van der Waals surface area contributed by atoms with Crippen LogP contribution in [-0.2, 0) is 16.0 Å². The molecule has 2 aliphatic heterocycles. The molecule has 1 amide bonds. The average Bonchev–Trinajstić information content (AvgIpc) is 2.68. The molecule has 2 fully saturated rings. The molecule has 0 aromatic heterocycles. The van der Waals surface area contributed by atoms with Crippen molar-refractivity contribution in [2.45, 2.75) is 51.5 Å². The van der Waals surface area contributed by atoms with Crippen LogP contribution in [0.1, 0.15) is 55.5 Å².